The third kappa shape index (κ3) is 3.84. The summed E-state index contributed by atoms with van der Waals surface area (Å²) < 4.78 is 10.6. The van der Waals surface area contributed by atoms with Crippen molar-refractivity contribution in [3.63, 3.8) is 0 Å². The molecule has 21 heavy (non-hydrogen) atoms. The Morgan fingerprint density at radius 2 is 2.10 bits per heavy atom. The zero-order chi connectivity index (χ0) is 15.2. The number of amides is 1. The summed E-state index contributed by atoms with van der Waals surface area (Å²) in [7, 11) is 0. The van der Waals surface area contributed by atoms with E-state index < -0.39 is 0 Å². The summed E-state index contributed by atoms with van der Waals surface area (Å²) in [5.41, 5.74) is 1.09. The molecule has 0 bridgehead atoms. The average molecular weight is 289 g/mol. The Balaban J connectivity index is 2.25. The van der Waals surface area contributed by atoms with Crippen LogP contribution in [0.1, 0.15) is 25.8 Å². The van der Waals surface area contributed by atoms with Crippen molar-refractivity contribution in [2.75, 3.05) is 13.2 Å². The SMILES string of the molecule is CCCc1cc(=O)oc2cc(OCC(=O)NCC)ccc12. The second-order valence-corrected chi connectivity index (χ2v) is 4.74. The minimum absolute atomic E-state index is 0.0573. The van der Waals surface area contributed by atoms with Gasteiger partial charge >= 0.3 is 5.63 Å². The Bertz CT molecular complexity index is 690. The molecule has 0 saturated carbocycles. The summed E-state index contributed by atoms with van der Waals surface area (Å²) in [6, 6.07) is 6.81. The Morgan fingerprint density at radius 3 is 2.81 bits per heavy atom. The molecule has 0 fully saturated rings. The van der Waals surface area contributed by atoms with Gasteiger partial charge in [-0.2, -0.15) is 0 Å². The molecule has 1 amide bonds. The first-order valence-electron chi connectivity index (χ1n) is 7.10. The fraction of sp³-hybridized carbons (Fsp3) is 0.375. The molecule has 112 valence electrons. The first-order valence-corrected chi connectivity index (χ1v) is 7.10. The number of rotatable bonds is 6. The maximum Gasteiger partial charge on any atom is 0.336 e. The van der Waals surface area contributed by atoms with E-state index in [1.165, 1.54) is 6.07 Å². The van der Waals surface area contributed by atoms with Crippen LogP contribution in [0.25, 0.3) is 11.0 Å². The molecule has 1 heterocycles. The zero-order valence-electron chi connectivity index (χ0n) is 12.3. The standard InChI is InChI=1S/C16H19NO4/c1-3-5-11-8-16(19)21-14-9-12(6-7-13(11)14)20-10-15(18)17-4-2/h6-9H,3-5,10H2,1-2H3,(H,17,18). The maximum absolute atomic E-state index is 11.6. The normalized spacial score (nSPS) is 10.6. The number of carbonyl (C=O) groups is 1. The van der Waals surface area contributed by atoms with Gasteiger partial charge in [-0.25, -0.2) is 4.79 Å². The van der Waals surface area contributed by atoms with E-state index in [-0.39, 0.29) is 18.1 Å². The molecule has 5 nitrogen and oxygen atoms in total. The molecule has 2 rings (SSSR count). The Morgan fingerprint density at radius 1 is 1.29 bits per heavy atom. The van der Waals surface area contributed by atoms with E-state index in [0.717, 1.165) is 23.8 Å². The maximum atomic E-state index is 11.6. The van der Waals surface area contributed by atoms with Crippen LogP contribution in [0.15, 0.2) is 33.5 Å². The van der Waals surface area contributed by atoms with Gasteiger partial charge in [-0.3, -0.25) is 4.79 Å². The molecule has 2 aromatic rings. The lowest BCUT2D eigenvalue weighted by Crippen LogP contribution is -2.28. The third-order valence-corrected chi connectivity index (χ3v) is 3.06. The van der Waals surface area contributed by atoms with Gasteiger partial charge in [0, 0.05) is 24.1 Å². The smallest absolute Gasteiger partial charge is 0.336 e. The van der Waals surface area contributed by atoms with Crippen molar-refractivity contribution < 1.29 is 13.9 Å². The summed E-state index contributed by atoms with van der Waals surface area (Å²) in [6.45, 7) is 4.41. The summed E-state index contributed by atoms with van der Waals surface area (Å²) >= 11 is 0. The van der Waals surface area contributed by atoms with Crippen LogP contribution in [0.5, 0.6) is 5.75 Å². The fourth-order valence-electron chi connectivity index (χ4n) is 2.17. The van der Waals surface area contributed by atoms with Crippen LogP contribution in [-0.4, -0.2) is 19.1 Å². The molecular weight excluding hydrogens is 270 g/mol. The molecule has 0 unspecified atom stereocenters. The summed E-state index contributed by atoms with van der Waals surface area (Å²) in [4.78, 5) is 22.9. The van der Waals surface area contributed by atoms with Gasteiger partial charge in [-0.15, -0.1) is 0 Å². The zero-order valence-corrected chi connectivity index (χ0v) is 12.3. The Kier molecular flexibility index (Phi) is 4.98. The lowest BCUT2D eigenvalue weighted by molar-refractivity contribution is -0.122. The molecule has 5 heteroatoms. The van der Waals surface area contributed by atoms with Crippen LogP contribution >= 0.6 is 0 Å². The predicted molar refractivity (Wildman–Crippen MR) is 80.7 cm³/mol. The minimum atomic E-state index is -0.369. The summed E-state index contributed by atoms with van der Waals surface area (Å²) in [6.07, 6.45) is 1.77. The monoisotopic (exact) mass is 289 g/mol. The number of likely N-dealkylation sites (N-methyl/N-ethyl adjacent to an activating group) is 1. The van der Waals surface area contributed by atoms with E-state index in [0.29, 0.717) is 17.9 Å². The van der Waals surface area contributed by atoms with E-state index in [1.54, 1.807) is 12.1 Å². The Hall–Kier alpha value is -2.30. The number of hydrogen-bond donors (Lipinski definition) is 1. The highest BCUT2D eigenvalue weighted by molar-refractivity contribution is 5.82. The molecule has 0 spiro atoms. The Labute approximate surface area is 122 Å². The minimum Gasteiger partial charge on any atom is -0.484 e. The highest BCUT2D eigenvalue weighted by Crippen LogP contribution is 2.23. The molecule has 0 atom stereocenters. The molecule has 1 aromatic carbocycles. The summed E-state index contributed by atoms with van der Waals surface area (Å²) in [5.74, 6) is 0.323. The van der Waals surface area contributed by atoms with Crippen LogP contribution < -0.4 is 15.7 Å². The molecule has 1 aromatic heterocycles. The van der Waals surface area contributed by atoms with E-state index in [4.69, 9.17) is 9.15 Å². The molecule has 0 saturated heterocycles. The second-order valence-electron chi connectivity index (χ2n) is 4.74. The first-order chi connectivity index (χ1) is 10.1. The quantitative estimate of drug-likeness (QED) is 0.828. The van der Waals surface area contributed by atoms with Crippen molar-refractivity contribution in [2.24, 2.45) is 0 Å². The van der Waals surface area contributed by atoms with E-state index in [1.807, 2.05) is 13.0 Å². The molecule has 1 N–H and O–H groups in total. The van der Waals surface area contributed by atoms with Crippen LogP contribution in [0.4, 0.5) is 0 Å². The van der Waals surface area contributed by atoms with E-state index in [2.05, 4.69) is 12.2 Å². The number of fused-ring (bicyclic) bond motifs is 1. The molecular formula is C16H19NO4. The highest BCUT2D eigenvalue weighted by Gasteiger charge is 2.07. The van der Waals surface area contributed by atoms with Gasteiger partial charge in [-0.1, -0.05) is 13.3 Å². The van der Waals surface area contributed by atoms with E-state index in [9.17, 15) is 9.59 Å². The van der Waals surface area contributed by atoms with Gasteiger partial charge in [0.1, 0.15) is 11.3 Å². The van der Waals surface area contributed by atoms with Crippen LogP contribution in [0.3, 0.4) is 0 Å². The molecule has 0 aliphatic carbocycles. The van der Waals surface area contributed by atoms with Gasteiger partial charge in [0.2, 0.25) is 0 Å². The lowest BCUT2D eigenvalue weighted by atomic mass is 10.1. The van der Waals surface area contributed by atoms with Gasteiger partial charge < -0.3 is 14.5 Å². The van der Waals surface area contributed by atoms with Crippen molar-refractivity contribution in [3.05, 3.63) is 40.2 Å². The van der Waals surface area contributed by atoms with Crippen molar-refractivity contribution in [1.82, 2.24) is 5.32 Å². The average Bonchev–Trinajstić information content (AvgIpc) is 2.45. The van der Waals surface area contributed by atoms with Crippen molar-refractivity contribution in [2.45, 2.75) is 26.7 Å². The fourth-order valence-corrected chi connectivity index (χ4v) is 2.17. The van der Waals surface area contributed by atoms with Crippen molar-refractivity contribution >= 4 is 16.9 Å². The van der Waals surface area contributed by atoms with Crippen LogP contribution in [-0.2, 0) is 11.2 Å². The molecule has 0 aliphatic heterocycles. The molecule has 0 aliphatic rings. The van der Waals surface area contributed by atoms with Gasteiger partial charge in [0.15, 0.2) is 6.61 Å². The molecule has 0 radical (unpaired) electrons. The van der Waals surface area contributed by atoms with Gasteiger partial charge in [-0.05, 0) is 31.0 Å². The van der Waals surface area contributed by atoms with E-state index >= 15 is 0 Å². The summed E-state index contributed by atoms with van der Waals surface area (Å²) in [5, 5.41) is 3.55. The second kappa shape index (κ2) is 6.92. The predicted octanol–water partition coefficient (Wildman–Crippen LogP) is 2.26. The van der Waals surface area contributed by atoms with Gasteiger partial charge in [0.05, 0.1) is 0 Å². The van der Waals surface area contributed by atoms with Crippen molar-refractivity contribution in [3.8, 4) is 5.75 Å². The van der Waals surface area contributed by atoms with Gasteiger partial charge in [0.25, 0.3) is 5.91 Å². The largest absolute Gasteiger partial charge is 0.484 e. The number of carbonyl (C=O) groups excluding carboxylic acids is 1. The number of ether oxygens (including phenoxy) is 1. The van der Waals surface area contributed by atoms with Crippen LogP contribution in [0, 0.1) is 0 Å². The number of nitrogens with one attached hydrogen (secondary N) is 1. The van der Waals surface area contributed by atoms with Crippen LogP contribution in [0.2, 0.25) is 0 Å². The topological polar surface area (TPSA) is 68.5 Å². The highest BCUT2D eigenvalue weighted by atomic mass is 16.5. The lowest BCUT2D eigenvalue weighted by Gasteiger charge is -2.08. The first kappa shape index (κ1) is 15.1. The van der Waals surface area contributed by atoms with Crippen molar-refractivity contribution in [1.29, 1.82) is 0 Å². The third-order valence-electron chi connectivity index (χ3n) is 3.06. The number of hydrogen-bond acceptors (Lipinski definition) is 4. The number of aryl methyl sites for hydroxylation is 1. The number of benzene rings is 1.